The highest BCUT2D eigenvalue weighted by Crippen LogP contribution is 2.34. The van der Waals surface area contributed by atoms with Gasteiger partial charge in [-0.2, -0.15) is 0 Å². The fraction of sp³-hybridized carbons (Fsp3) is 0.304. The molecular weight excluding hydrogens is 442 g/mol. The van der Waals surface area contributed by atoms with E-state index in [-0.39, 0.29) is 6.10 Å². The first-order valence-corrected chi connectivity index (χ1v) is 12.6. The number of aromatic nitrogens is 2. The van der Waals surface area contributed by atoms with Crippen LogP contribution in [0.1, 0.15) is 28.8 Å². The number of hydrogen-bond donors (Lipinski definition) is 3. The predicted molar refractivity (Wildman–Crippen MR) is 132 cm³/mol. The molecule has 0 aliphatic carbocycles. The lowest BCUT2D eigenvalue weighted by Crippen LogP contribution is -2.26. The molecule has 4 N–H and O–H groups in total. The van der Waals surface area contributed by atoms with Crippen LogP contribution in [0.15, 0.2) is 36.7 Å². The van der Waals surface area contributed by atoms with E-state index in [2.05, 4.69) is 25.9 Å². The van der Waals surface area contributed by atoms with Crippen LogP contribution in [-0.2, 0) is 14.4 Å². The minimum Gasteiger partial charge on any atom is -0.488 e. The average Bonchev–Trinajstić information content (AvgIpc) is 2.74. The van der Waals surface area contributed by atoms with Crippen molar-refractivity contribution in [2.24, 2.45) is 5.73 Å². The number of benzene rings is 2. The number of amides is 1. The number of nitrogens with two attached hydrogens (primary N) is 1. The van der Waals surface area contributed by atoms with E-state index in [1.165, 1.54) is 12.6 Å². The maximum atomic E-state index is 12.1. The third kappa shape index (κ3) is 5.52. The van der Waals surface area contributed by atoms with Crippen molar-refractivity contribution in [3.63, 3.8) is 0 Å². The standard InChI is InChI=1S/C23H27N5O4S/c1-14-10-16(28-33(2,3)30)12-19-21(14)23(26-13-25-19)27-18-5-4-15(22(24)29)11-20(18)32-17-6-8-31-9-7-17/h4-5,10-13,17H,2,6-9H2,1,3H3,(H2,24,29)(H,28,30)(H,25,26,27). The summed E-state index contributed by atoms with van der Waals surface area (Å²) in [5.74, 6) is 4.21. The van der Waals surface area contributed by atoms with Crippen LogP contribution in [0.4, 0.5) is 17.2 Å². The number of nitrogens with zero attached hydrogens (tertiary/aromatic N) is 2. The zero-order chi connectivity index (χ0) is 23.6. The number of carbonyl (C=O) groups is 1. The van der Waals surface area contributed by atoms with Crippen molar-refractivity contribution in [2.75, 3.05) is 29.5 Å². The lowest BCUT2D eigenvalue weighted by molar-refractivity contribution is 0.0258. The van der Waals surface area contributed by atoms with Gasteiger partial charge in [0.15, 0.2) is 0 Å². The molecule has 1 fully saturated rings. The second-order valence-electron chi connectivity index (χ2n) is 8.15. The van der Waals surface area contributed by atoms with Crippen molar-refractivity contribution in [2.45, 2.75) is 25.9 Å². The third-order valence-electron chi connectivity index (χ3n) is 5.25. The van der Waals surface area contributed by atoms with E-state index >= 15 is 0 Å². The highest BCUT2D eigenvalue weighted by atomic mass is 32.2. The van der Waals surface area contributed by atoms with Gasteiger partial charge in [-0.1, -0.05) is 0 Å². The van der Waals surface area contributed by atoms with Gasteiger partial charge in [0.1, 0.15) is 24.0 Å². The minimum atomic E-state index is -2.42. The lowest BCUT2D eigenvalue weighted by atomic mass is 10.1. The van der Waals surface area contributed by atoms with Gasteiger partial charge >= 0.3 is 0 Å². The molecule has 0 radical (unpaired) electrons. The van der Waals surface area contributed by atoms with Gasteiger partial charge in [-0.05, 0) is 48.7 Å². The minimum absolute atomic E-state index is 0.0218. The lowest BCUT2D eigenvalue weighted by Gasteiger charge is -2.25. The monoisotopic (exact) mass is 469 g/mol. The molecule has 1 atom stereocenters. The van der Waals surface area contributed by atoms with Crippen molar-refractivity contribution in [3.05, 3.63) is 47.8 Å². The molecule has 1 saturated heterocycles. The quantitative estimate of drug-likeness (QED) is 0.454. The Balaban J connectivity index is 1.72. The fourth-order valence-electron chi connectivity index (χ4n) is 3.77. The van der Waals surface area contributed by atoms with Crippen LogP contribution >= 0.6 is 0 Å². The molecule has 0 spiro atoms. The van der Waals surface area contributed by atoms with Crippen LogP contribution in [0.3, 0.4) is 0 Å². The summed E-state index contributed by atoms with van der Waals surface area (Å²) in [5, 5.41) is 4.14. The molecule has 1 amide bonds. The van der Waals surface area contributed by atoms with E-state index in [1.807, 2.05) is 13.0 Å². The Morgan fingerprint density at radius 2 is 2.00 bits per heavy atom. The molecule has 2 aromatic carbocycles. The smallest absolute Gasteiger partial charge is 0.248 e. The van der Waals surface area contributed by atoms with Gasteiger partial charge in [-0.15, -0.1) is 0 Å². The molecule has 4 rings (SSSR count). The Labute approximate surface area is 192 Å². The van der Waals surface area contributed by atoms with E-state index < -0.39 is 15.6 Å². The van der Waals surface area contributed by atoms with Crippen molar-refractivity contribution in [3.8, 4) is 5.75 Å². The summed E-state index contributed by atoms with van der Waals surface area (Å²) >= 11 is 0. The van der Waals surface area contributed by atoms with Gasteiger partial charge in [-0.3, -0.25) is 4.79 Å². The van der Waals surface area contributed by atoms with Gasteiger partial charge in [-0.25, -0.2) is 14.2 Å². The average molecular weight is 470 g/mol. The second kappa shape index (κ2) is 9.24. The number of anilines is 3. The number of fused-ring (bicyclic) bond motifs is 1. The van der Waals surface area contributed by atoms with Crippen LogP contribution in [0.2, 0.25) is 0 Å². The molecule has 1 aliphatic rings. The van der Waals surface area contributed by atoms with E-state index in [0.29, 0.717) is 47.2 Å². The Bertz CT molecular complexity index is 1300. The summed E-state index contributed by atoms with van der Waals surface area (Å²) in [6.45, 7) is 3.19. The molecule has 9 nitrogen and oxygen atoms in total. The van der Waals surface area contributed by atoms with Gasteiger partial charge in [0.25, 0.3) is 0 Å². The molecule has 1 aliphatic heterocycles. The van der Waals surface area contributed by atoms with Crippen molar-refractivity contribution in [1.82, 2.24) is 9.97 Å². The van der Waals surface area contributed by atoms with Crippen LogP contribution in [0.25, 0.3) is 10.9 Å². The zero-order valence-corrected chi connectivity index (χ0v) is 19.4. The summed E-state index contributed by atoms with van der Waals surface area (Å²) in [5.41, 5.74) is 8.74. The van der Waals surface area contributed by atoms with Crippen LogP contribution in [0.5, 0.6) is 5.75 Å². The largest absolute Gasteiger partial charge is 0.488 e. The van der Waals surface area contributed by atoms with Crippen LogP contribution in [0, 0.1) is 6.92 Å². The third-order valence-corrected chi connectivity index (χ3v) is 5.92. The summed E-state index contributed by atoms with van der Waals surface area (Å²) in [4.78, 5) is 20.6. The molecule has 174 valence electrons. The summed E-state index contributed by atoms with van der Waals surface area (Å²) < 4.78 is 26.6. The first-order chi connectivity index (χ1) is 15.7. The highest BCUT2D eigenvalue weighted by Gasteiger charge is 2.19. The number of ether oxygens (including phenoxy) is 2. The molecule has 1 aromatic heterocycles. The molecule has 0 bridgehead atoms. The van der Waals surface area contributed by atoms with Crippen molar-refractivity contribution < 1.29 is 18.5 Å². The van der Waals surface area contributed by atoms with E-state index in [9.17, 15) is 9.00 Å². The molecule has 10 heteroatoms. The first kappa shape index (κ1) is 22.8. The van der Waals surface area contributed by atoms with Crippen molar-refractivity contribution in [1.29, 1.82) is 0 Å². The number of hydrogen-bond acceptors (Lipinski definition) is 7. The van der Waals surface area contributed by atoms with E-state index in [1.54, 1.807) is 24.3 Å². The molecule has 0 saturated carbocycles. The molecule has 33 heavy (non-hydrogen) atoms. The number of nitrogens with one attached hydrogen (secondary N) is 2. The first-order valence-electron chi connectivity index (χ1n) is 10.5. The summed E-state index contributed by atoms with van der Waals surface area (Å²) in [6, 6.07) is 8.72. The van der Waals surface area contributed by atoms with Crippen molar-refractivity contribution >= 4 is 49.6 Å². The summed E-state index contributed by atoms with van der Waals surface area (Å²) in [6.07, 6.45) is 4.50. The van der Waals surface area contributed by atoms with Gasteiger partial charge in [0, 0.05) is 45.4 Å². The van der Waals surface area contributed by atoms with Crippen LogP contribution < -0.4 is 20.5 Å². The zero-order valence-electron chi connectivity index (χ0n) is 18.6. The second-order valence-corrected chi connectivity index (χ2v) is 10.4. The van der Waals surface area contributed by atoms with Crippen LogP contribution in [-0.4, -0.2) is 51.5 Å². The number of rotatable bonds is 7. The molecule has 1 unspecified atom stereocenters. The number of aryl methyl sites for hydroxylation is 1. The maximum Gasteiger partial charge on any atom is 0.248 e. The number of carbonyl (C=O) groups excluding carboxylic acids is 1. The normalized spacial score (nSPS) is 16.2. The maximum absolute atomic E-state index is 12.1. The molecule has 3 aromatic rings. The fourth-order valence-corrected chi connectivity index (χ4v) is 4.39. The Kier molecular flexibility index (Phi) is 6.39. The Morgan fingerprint density at radius 1 is 1.24 bits per heavy atom. The van der Waals surface area contributed by atoms with Gasteiger partial charge in [0.05, 0.1) is 24.4 Å². The van der Waals surface area contributed by atoms with E-state index in [0.717, 1.165) is 23.8 Å². The van der Waals surface area contributed by atoms with E-state index in [4.69, 9.17) is 15.2 Å². The Hall–Kier alpha value is -3.37. The highest BCUT2D eigenvalue weighted by molar-refractivity contribution is 8.00. The SMILES string of the molecule is C=S(C)(=O)Nc1cc(C)c2c(Nc3ccc(C(N)=O)cc3OC3CCOCC3)ncnc2c1. The number of primary amides is 1. The summed E-state index contributed by atoms with van der Waals surface area (Å²) in [7, 11) is -2.42. The Morgan fingerprint density at radius 3 is 2.70 bits per heavy atom. The van der Waals surface area contributed by atoms with Gasteiger partial charge < -0.3 is 25.2 Å². The molecule has 2 heterocycles. The molecular formula is C23H27N5O4S. The predicted octanol–water partition coefficient (Wildman–Crippen LogP) is 3.01. The van der Waals surface area contributed by atoms with Gasteiger partial charge in [0.2, 0.25) is 5.91 Å². The topological polar surface area (TPSA) is 128 Å².